The van der Waals surface area contributed by atoms with Crippen molar-refractivity contribution in [2.24, 2.45) is 11.8 Å². The van der Waals surface area contributed by atoms with Gasteiger partial charge in [0.2, 0.25) is 5.91 Å². The van der Waals surface area contributed by atoms with E-state index in [-0.39, 0.29) is 48.7 Å². The third kappa shape index (κ3) is 11.3. The quantitative estimate of drug-likeness (QED) is 0.250. The van der Waals surface area contributed by atoms with Gasteiger partial charge in [-0.25, -0.2) is 9.18 Å². The summed E-state index contributed by atoms with van der Waals surface area (Å²) >= 11 is 0. The Balaban J connectivity index is 1.31. The van der Waals surface area contributed by atoms with E-state index in [1.165, 1.54) is 31.5 Å². The standard InChI is InChI=1S/C37H47FN4O7/c1-37(2,3)49-36(46)41-14-11-25(12-15-41)8-10-34(44)42-13-5-6-27(23-42)33(43)18-28(19-35(45)47-4)30-17-31(22-40-21-30)48-24-26-7-9-32(38)29(16-26)20-39/h7,9,16-17,21-22,25,27-28H,5-6,8,10-15,18-19,23-24H2,1-4H3/t27-,28+/m1/s1. The molecule has 12 heteroatoms. The second kappa shape index (κ2) is 17.2. The summed E-state index contributed by atoms with van der Waals surface area (Å²) in [7, 11) is 1.30. The molecule has 0 radical (unpaired) electrons. The van der Waals surface area contributed by atoms with Gasteiger partial charge in [0.25, 0.3) is 0 Å². The number of halogens is 1. The Bertz CT molecular complexity index is 1530. The highest BCUT2D eigenvalue weighted by Gasteiger charge is 2.32. The Morgan fingerprint density at radius 2 is 1.80 bits per heavy atom. The van der Waals surface area contributed by atoms with E-state index >= 15 is 0 Å². The van der Waals surface area contributed by atoms with Gasteiger partial charge in [0.15, 0.2) is 0 Å². The fraction of sp³-hybridized carbons (Fsp3) is 0.568. The van der Waals surface area contributed by atoms with Crippen LogP contribution in [0.2, 0.25) is 0 Å². The summed E-state index contributed by atoms with van der Waals surface area (Å²) in [4.78, 5) is 59.4. The number of Topliss-reactive ketones (excluding diaryl/α,β-unsaturated/α-hetero) is 1. The average Bonchev–Trinajstić information content (AvgIpc) is 3.09. The first-order valence-electron chi connectivity index (χ1n) is 17.0. The minimum atomic E-state index is -0.607. The lowest BCUT2D eigenvalue weighted by molar-refractivity contribution is -0.141. The van der Waals surface area contributed by atoms with E-state index < -0.39 is 23.3 Å². The zero-order valence-corrected chi connectivity index (χ0v) is 28.9. The van der Waals surface area contributed by atoms with Crippen LogP contribution in [0.4, 0.5) is 9.18 Å². The number of nitriles is 1. The molecule has 0 bridgehead atoms. The molecule has 2 atom stereocenters. The molecule has 0 aliphatic carbocycles. The van der Waals surface area contributed by atoms with Crippen molar-refractivity contribution in [2.75, 3.05) is 33.3 Å². The maximum Gasteiger partial charge on any atom is 0.410 e. The molecule has 2 aliphatic rings. The molecule has 0 unspecified atom stereocenters. The van der Waals surface area contributed by atoms with Crippen molar-refractivity contribution in [3.05, 3.63) is 59.2 Å². The van der Waals surface area contributed by atoms with Crippen molar-refractivity contribution in [2.45, 2.75) is 90.3 Å². The predicted octanol–water partition coefficient (Wildman–Crippen LogP) is 5.94. The van der Waals surface area contributed by atoms with Gasteiger partial charge >= 0.3 is 12.1 Å². The largest absolute Gasteiger partial charge is 0.487 e. The molecular weight excluding hydrogens is 631 g/mol. The van der Waals surface area contributed by atoms with Crippen LogP contribution in [-0.2, 0) is 30.5 Å². The molecule has 2 aromatic rings. The highest BCUT2D eigenvalue weighted by molar-refractivity contribution is 5.84. The van der Waals surface area contributed by atoms with Crippen molar-refractivity contribution in [1.82, 2.24) is 14.8 Å². The average molecular weight is 679 g/mol. The number of carbonyl (C=O) groups is 4. The summed E-state index contributed by atoms with van der Waals surface area (Å²) in [5.41, 5.74) is 0.621. The van der Waals surface area contributed by atoms with E-state index in [1.54, 1.807) is 22.1 Å². The van der Waals surface area contributed by atoms with Crippen molar-refractivity contribution in [3.8, 4) is 11.8 Å². The summed E-state index contributed by atoms with van der Waals surface area (Å²) in [6.07, 6.45) is 7.02. The molecule has 2 aliphatic heterocycles. The summed E-state index contributed by atoms with van der Waals surface area (Å²) in [5, 5.41) is 9.11. The van der Waals surface area contributed by atoms with E-state index in [9.17, 15) is 23.6 Å². The molecule has 0 N–H and O–H groups in total. The Labute approximate surface area is 287 Å². The van der Waals surface area contributed by atoms with Crippen LogP contribution in [0.25, 0.3) is 0 Å². The molecule has 49 heavy (non-hydrogen) atoms. The summed E-state index contributed by atoms with van der Waals surface area (Å²) in [6.45, 7) is 7.81. The molecule has 1 aromatic heterocycles. The van der Waals surface area contributed by atoms with Crippen LogP contribution in [0.1, 0.15) is 94.7 Å². The number of likely N-dealkylation sites (tertiary alicyclic amines) is 2. The minimum Gasteiger partial charge on any atom is -0.487 e. The Hall–Kier alpha value is -4.53. The van der Waals surface area contributed by atoms with Gasteiger partial charge in [0, 0.05) is 57.1 Å². The maximum absolute atomic E-state index is 13.7. The van der Waals surface area contributed by atoms with Gasteiger partial charge in [-0.05, 0) is 88.1 Å². The van der Waals surface area contributed by atoms with E-state index in [4.69, 9.17) is 19.5 Å². The number of ether oxygens (including phenoxy) is 3. The lowest BCUT2D eigenvalue weighted by Crippen LogP contribution is -2.43. The predicted molar refractivity (Wildman–Crippen MR) is 178 cm³/mol. The van der Waals surface area contributed by atoms with Gasteiger partial charge in [0.05, 0.1) is 25.3 Å². The van der Waals surface area contributed by atoms with Gasteiger partial charge in [-0.2, -0.15) is 5.26 Å². The summed E-state index contributed by atoms with van der Waals surface area (Å²) < 4.78 is 30.0. The van der Waals surface area contributed by atoms with E-state index in [0.717, 1.165) is 25.7 Å². The number of benzene rings is 1. The number of nitrogens with zero attached hydrogens (tertiary/aromatic N) is 4. The zero-order chi connectivity index (χ0) is 35.6. The molecule has 3 heterocycles. The number of pyridine rings is 1. The molecule has 2 amide bonds. The van der Waals surface area contributed by atoms with Crippen molar-refractivity contribution >= 4 is 23.8 Å². The number of aromatic nitrogens is 1. The van der Waals surface area contributed by atoms with Crippen molar-refractivity contribution in [1.29, 1.82) is 5.26 Å². The lowest BCUT2D eigenvalue weighted by atomic mass is 9.84. The van der Waals surface area contributed by atoms with Crippen molar-refractivity contribution in [3.63, 3.8) is 0 Å². The van der Waals surface area contributed by atoms with Crippen LogP contribution in [0.5, 0.6) is 5.75 Å². The first-order chi connectivity index (χ1) is 23.3. The van der Waals surface area contributed by atoms with Gasteiger partial charge < -0.3 is 24.0 Å². The Morgan fingerprint density at radius 1 is 1.04 bits per heavy atom. The first-order valence-corrected chi connectivity index (χ1v) is 17.0. The first kappa shape index (κ1) is 37.3. The Morgan fingerprint density at radius 3 is 2.49 bits per heavy atom. The molecular formula is C37H47FN4O7. The number of piperidine rings is 2. The van der Waals surface area contributed by atoms with Crippen LogP contribution in [-0.4, -0.2) is 77.4 Å². The zero-order valence-electron chi connectivity index (χ0n) is 28.9. The molecule has 0 spiro atoms. The fourth-order valence-corrected chi connectivity index (χ4v) is 6.34. The second-order valence-corrected chi connectivity index (χ2v) is 13.9. The van der Waals surface area contributed by atoms with Gasteiger partial charge in [-0.3, -0.25) is 19.4 Å². The molecule has 4 rings (SSSR count). The molecule has 11 nitrogen and oxygen atoms in total. The van der Waals surface area contributed by atoms with Crippen LogP contribution < -0.4 is 4.74 Å². The second-order valence-electron chi connectivity index (χ2n) is 13.9. The molecule has 1 aromatic carbocycles. The summed E-state index contributed by atoms with van der Waals surface area (Å²) in [6, 6.07) is 7.69. The number of methoxy groups -OCH3 is 1. The fourth-order valence-electron chi connectivity index (χ4n) is 6.34. The number of ketones is 1. The van der Waals surface area contributed by atoms with E-state index in [0.29, 0.717) is 61.8 Å². The molecule has 2 fully saturated rings. The number of esters is 1. The topological polar surface area (TPSA) is 139 Å². The number of carbonyl (C=O) groups excluding carboxylic acids is 4. The van der Waals surface area contributed by atoms with E-state index in [1.807, 2.05) is 26.8 Å². The number of hydrogen-bond acceptors (Lipinski definition) is 9. The lowest BCUT2D eigenvalue weighted by Gasteiger charge is -2.35. The maximum atomic E-state index is 13.7. The number of amides is 2. The number of hydrogen-bond donors (Lipinski definition) is 0. The van der Waals surface area contributed by atoms with Crippen LogP contribution >= 0.6 is 0 Å². The normalized spacial score (nSPS) is 17.5. The highest BCUT2D eigenvalue weighted by atomic mass is 19.1. The summed E-state index contributed by atoms with van der Waals surface area (Å²) in [5.74, 6) is -1.16. The highest BCUT2D eigenvalue weighted by Crippen LogP contribution is 2.31. The molecule has 264 valence electrons. The Kier molecular flexibility index (Phi) is 13.1. The molecule has 0 saturated carbocycles. The third-order valence-corrected chi connectivity index (χ3v) is 9.11. The SMILES string of the molecule is COC(=O)C[C@H](CC(=O)[C@@H]1CCCN(C(=O)CCC2CCN(C(=O)OC(C)(C)C)CC2)C1)c1cncc(OCc2ccc(F)c(C#N)c2)c1. The van der Waals surface area contributed by atoms with Gasteiger partial charge in [-0.1, -0.05) is 6.07 Å². The third-order valence-electron chi connectivity index (χ3n) is 9.11. The minimum absolute atomic E-state index is 0.0254. The van der Waals surface area contributed by atoms with Gasteiger partial charge in [-0.15, -0.1) is 0 Å². The van der Waals surface area contributed by atoms with Crippen LogP contribution in [0.3, 0.4) is 0 Å². The van der Waals surface area contributed by atoms with Gasteiger partial charge in [0.1, 0.15) is 35.6 Å². The molecule has 2 saturated heterocycles. The van der Waals surface area contributed by atoms with E-state index in [2.05, 4.69) is 4.98 Å². The van der Waals surface area contributed by atoms with Crippen LogP contribution in [0, 0.1) is 29.0 Å². The number of rotatable bonds is 12. The van der Waals surface area contributed by atoms with Crippen molar-refractivity contribution < 1.29 is 37.8 Å². The smallest absolute Gasteiger partial charge is 0.410 e. The van der Waals surface area contributed by atoms with Crippen LogP contribution in [0.15, 0.2) is 36.7 Å². The monoisotopic (exact) mass is 678 g/mol.